The van der Waals surface area contributed by atoms with E-state index in [4.69, 9.17) is 10.5 Å². The van der Waals surface area contributed by atoms with Crippen LogP contribution in [0.3, 0.4) is 0 Å². The SMILES string of the molecule is CC1CN(Cc2nnc(N)s2)CC(C)(C)O1. The average molecular weight is 242 g/mol. The van der Waals surface area contributed by atoms with Gasteiger partial charge in [0.2, 0.25) is 5.13 Å². The van der Waals surface area contributed by atoms with E-state index >= 15 is 0 Å². The highest BCUT2D eigenvalue weighted by Crippen LogP contribution is 2.23. The van der Waals surface area contributed by atoms with Crippen molar-refractivity contribution < 1.29 is 4.74 Å². The van der Waals surface area contributed by atoms with Crippen molar-refractivity contribution in [3.63, 3.8) is 0 Å². The van der Waals surface area contributed by atoms with Crippen LogP contribution >= 0.6 is 11.3 Å². The van der Waals surface area contributed by atoms with Crippen LogP contribution in [-0.2, 0) is 11.3 Å². The van der Waals surface area contributed by atoms with E-state index in [0.29, 0.717) is 5.13 Å². The average Bonchev–Trinajstić information content (AvgIpc) is 2.46. The van der Waals surface area contributed by atoms with Gasteiger partial charge in [0.1, 0.15) is 5.01 Å². The maximum Gasteiger partial charge on any atom is 0.203 e. The Morgan fingerprint density at radius 2 is 2.31 bits per heavy atom. The Bertz CT molecular complexity index is 365. The van der Waals surface area contributed by atoms with Gasteiger partial charge in [-0.05, 0) is 20.8 Å². The molecule has 0 aromatic carbocycles. The van der Waals surface area contributed by atoms with Crippen molar-refractivity contribution in [2.45, 2.75) is 39.0 Å². The summed E-state index contributed by atoms with van der Waals surface area (Å²) in [6, 6.07) is 0. The summed E-state index contributed by atoms with van der Waals surface area (Å²) >= 11 is 1.46. The minimum atomic E-state index is -0.0894. The number of ether oxygens (including phenoxy) is 1. The van der Waals surface area contributed by atoms with Gasteiger partial charge in [-0.2, -0.15) is 0 Å². The zero-order valence-corrected chi connectivity index (χ0v) is 10.8. The molecule has 1 atom stereocenters. The Balaban J connectivity index is 1.99. The molecule has 0 spiro atoms. The van der Waals surface area contributed by atoms with Crippen LogP contribution in [0.15, 0.2) is 0 Å². The molecule has 2 N–H and O–H groups in total. The molecule has 2 heterocycles. The maximum atomic E-state index is 5.85. The summed E-state index contributed by atoms with van der Waals surface area (Å²) in [7, 11) is 0. The Hall–Kier alpha value is -0.720. The first-order chi connectivity index (χ1) is 7.44. The number of nitrogens with zero attached hydrogens (tertiary/aromatic N) is 3. The lowest BCUT2D eigenvalue weighted by molar-refractivity contribution is -0.130. The maximum absolute atomic E-state index is 5.85. The quantitative estimate of drug-likeness (QED) is 0.842. The number of anilines is 1. The first-order valence-electron chi connectivity index (χ1n) is 5.43. The number of aromatic nitrogens is 2. The molecule has 5 nitrogen and oxygen atoms in total. The zero-order chi connectivity index (χ0) is 11.8. The second kappa shape index (κ2) is 4.27. The van der Waals surface area contributed by atoms with Gasteiger partial charge in [0.15, 0.2) is 0 Å². The number of nitrogen functional groups attached to an aromatic ring is 1. The van der Waals surface area contributed by atoms with E-state index in [9.17, 15) is 0 Å². The molecule has 1 unspecified atom stereocenters. The summed E-state index contributed by atoms with van der Waals surface area (Å²) in [5, 5.41) is 9.38. The van der Waals surface area contributed by atoms with Gasteiger partial charge in [-0.15, -0.1) is 10.2 Å². The normalized spacial score (nSPS) is 25.8. The Kier molecular flexibility index (Phi) is 3.14. The van der Waals surface area contributed by atoms with Gasteiger partial charge >= 0.3 is 0 Å². The lowest BCUT2D eigenvalue weighted by Gasteiger charge is -2.41. The smallest absolute Gasteiger partial charge is 0.203 e. The monoisotopic (exact) mass is 242 g/mol. The second-order valence-electron chi connectivity index (χ2n) is 4.89. The molecule has 0 radical (unpaired) electrons. The molecule has 2 rings (SSSR count). The van der Waals surface area contributed by atoms with E-state index in [-0.39, 0.29) is 11.7 Å². The van der Waals surface area contributed by atoms with Crippen molar-refractivity contribution in [3.05, 3.63) is 5.01 Å². The number of morpholine rings is 1. The van der Waals surface area contributed by atoms with Crippen molar-refractivity contribution in [3.8, 4) is 0 Å². The summed E-state index contributed by atoms with van der Waals surface area (Å²) in [5.41, 5.74) is 5.48. The van der Waals surface area contributed by atoms with E-state index in [0.717, 1.165) is 24.6 Å². The van der Waals surface area contributed by atoms with Crippen LogP contribution in [0.25, 0.3) is 0 Å². The predicted molar refractivity (Wildman–Crippen MR) is 64.2 cm³/mol. The fourth-order valence-electron chi connectivity index (χ4n) is 2.23. The third kappa shape index (κ3) is 2.90. The molecule has 1 aromatic rings. The van der Waals surface area contributed by atoms with E-state index in [1.54, 1.807) is 0 Å². The third-order valence-corrected chi connectivity index (χ3v) is 3.22. The predicted octanol–water partition coefficient (Wildman–Crippen LogP) is 1.12. The van der Waals surface area contributed by atoms with E-state index in [1.165, 1.54) is 11.3 Å². The lowest BCUT2D eigenvalue weighted by atomic mass is 10.1. The molecule has 90 valence electrons. The van der Waals surface area contributed by atoms with E-state index in [2.05, 4.69) is 35.9 Å². The van der Waals surface area contributed by atoms with Gasteiger partial charge in [0.05, 0.1) is 18.2 Å². The topological polar surface area (TPSA) is 64.3 Å². The number of rotatable bonds is 2. The van der Waals surface area contributed by atoms with Gasteiger partial charge in [0, 0.05) is 13.1 Å². The summed E-state index contributed by atoms with van der Waals surface area (Å²) in [4.78, 5) is 2.34. The van der Waals surface area contributed by atoms with Gasteiger partial charge in [-0.3, -0.25) is 4.90 Å². The van der Waals surface area contributed by atoms with Crippen molar-refractivity contribution in [2.24, 2.45) is 0 Å². The summed E-state index contributed by atoms with van der Waals surface area (Å²) in [6.45, 7) is 8.99. The van der Waals surface area contributed by atoms with Gasteiger partial charge in [0.25, 0.3) is 0 Å². The van der Waals surface area contributed by atoms with Gasteiger partial charge in [-0.25, -0.2) is 0 Å². The molecule has 1 saturated heterocycles. The minimum absolute atomic E-state index is 0.0894. The molecule has 1 aliphatic heterocycles. The lowest BCUT2D eigenvalue weighted by Crippen LogP contribution is -2.51. The first kappa shape index (κ1) is 11.8. The van der Waals surface area contributed by atoms with Crippen molar-refractivity contribution in [1.82, 2.24) is 15.1 Å². The molecular formula is C10H18N4OS. The van der Waals surface area contributed by atoms with Gasteiger partial charge in [-0.1, -0.05) is 11.3 Å². The molecule has 1 aromatic heterocycles. The van der Waals surface area contributed by atoms with Crippen LogP contribution in [0.5, 0.6) is 0 Å². The highest BCUT2D eigenvalue weighted by molar-refractivity contribution is 7.15. The molecule has 6 heteroatoms. The number of hydrogen-bond donors (Lipinski definition) is 1. The summed E-state index contributed by atoms with van der Waals surface area (Å²) < 4.78 is 5.85. The fourth-order valence-corrected chi connectivity index (χ4v) is 2.88. The summed E-state index contributed by atoms with van der Waals surface area (Å²) in [6.07, 6.45) is 0.258. The van der Waals surface area contributed by atoms with Crippen LogP contribution in [0.2, 0.25) is 0 Å². The largest absolute Gasteiger partial charge is 0.374 e. The number of hydrogen-bond acceptors (Lipinski definition) is 6. The molecule has 1 fully saturated rings. The highest BCUT2D eigenvalue weighted by atomic mass is 32.1. The van der Waals surface area contributed by atoms with Gasteiger partial charge < -0.3 is 10.5 Å². The van der Waals surface area contributed by atoms with Crippen LogP contribution in [-0.4, -0.2) is 39.9 Å². The Morgan fingerprint density at radius 3 is 2.88 bits per heavy atom. The van der Waals surface area contributed by atoms with Crippen molar-refractivity contribution in [2.75, 3.05) is 18.8 Å². The first-order valence-corrected chi connectivity index (χ1v) is 6.24. The molecule has 0 aliphatic carbocycles. The minimum Gasteiger partial charge on any atom is -0.374 e. The molecule has 0 saturated carbocycles. The molecular weight excluding hydrogens is 224 g/mol. The number of nitrogens with two attached hydrogens (primary N) is 1. The Morgan fingerprint density at radius 1 is 1.56 bits per heavy atom. The van der Waals surface area contributed by atoms with Crippen LogP contribution < -0.4 is 5.73 Å². The van der Waals surface area contributed by atoms with Crippen LogP contribution in [0.1, 0.15) is 25.8 Å². The fraction of sp³-hybridized carbons (Fsp3) is 0.800. The zero-order valence-electron chi connectivity index (χ0n) is 9.93. The molecule has 16 heavy (non-hydrogen) atoms. The standard InChI is InChI=1S/C10H18N4OS/c1-7-4-14(6-10(2,3)15-7)5-8-12-13-9(11)16-8/h7H,4-6H2,1-3H3,(H2,11,13). The second-order valence-corrected chi connectivity index (χ2v) is 5.99. The van der Waals surface area contributed by atoms with E-state index < -0.39 is 0 Å². The highest BCUT2D eigenvalue weighted by Gasteiger charge is 2.31. The molecule has 1 aliphatic rings. The molecule has 0 bridgehead atoms. The summed E-state index contributed by atoms with van der Waals surface area (Å²) in [5.74, 6) is 0. The molecule has 0 amide bonds. The van der Waals surface area contributed by atoms with Crippen LogP contribution in [0, 0.1) is 0 Å². The van der Waals surface area contributed by atoms with Crippen LogP contribution in [0.4, 0.5) is 5.13 Å². The van der Waals surface area contributed by atoms with Crippen molar-refractivity contribution >= 4 is 16.5 Å². The Labute approximate surface area is 99.6 Å². The van der Waals surface area contributed by atoms with Crippen molar-refractivity contribution in [1.29, 1.82) is 0 Å². The third-order valence-electron chi connectivity index (χ3n) is 2.48. The van der Waals surface area contributed by atoms with E-state index in [1.807, 2.05) is 0 Å².